The van der Waals surface area contributed by atoms with Crippen LogP contribution in [0.5, 0.6) is 11.5 Å². The van der Waals surface area contributed by atoms with E-state index in [1.165, 1.54) is 16.9 Å². The third kappa shape index (κ3) is 1.05. The van der Waals surface area contributed by atoms with Gasteiger partial charge in [0, 0.05) is 23.5 Å². The summed E-state index contributed by atoms with van der Waals surface area (Å²) in [5.41, 5.74) is 3.67. The first-order valence-electron chi connectivity index (χ1n) is 5.67. The monoisotopic (exact) mass is 228 g/mol. The van der Waals surface area contributed by atoms with Crippen molar-refractivity contribution in [2.45, 2.75) is 6.04 Å². The largest absolute Gasteiger partial charge is 0.454 e. The summed E-state index contributed by atoms with van der Waals surface area (Å²) < 4.78 is 13.1. The lowest BCUT2D eigenvalue weighted by Crippen LogP contribution is -2.14. The normalized spacial score (nSPS) is 19.2. The maximum Gasteiger partial charge on any atom is 0.231 e. The molecule has 1 aromatic carbocycles. The smallest absolute Gasteiger partial charge is 0.231 e. The third-order valence-corrected chi connectivity index (χ3v) is 3.46. The van der Waals surface area contributed by atoms with Crippen molar-refractivity contribution in [2.75, 3.05) is 13.8 Å². The van der Waals surface area contributed by atoms with Gasteiger partial charge in [0.15, 0.2) is 11.5 Å². The van der Waals surface area contributed by atoms with Crippen molar-refractivity contribution < 1.29 is 9.47 Å². The summed E-state index contributed by atoms with van der Waals surface area (Å²) in [5, 5.41) is 3.34. The van der Waals surface area contributed by atoms with E-state index in [1.54, 1.807) is 0 Å². The zero-order valence-electron chi connectivity index (χ0n) is 9.43. The fraction of sp³-hybridized carbons (Fsp3) is 0.231. The van der Waals surface area contributed by atoms with E-state index in [0.717, 1.165) is 11.5 Å². The first kappa shape index (κ1) is 9.13. The van der Waals surface area contributed by atoms with Crippen LogP contribution in [0.25, 0.3) is 5.69 Å². The van der Waals surface area contributed by atoms with Crippen molar-refractivity contribution in [1.82, 2.24) is 9.88 Å². The molecule has 1 N–H and O–H groups in total. The lowest BCUT2D eigenvalue weighted by molar-refractivity contribution is 0.174. The van der Waals surface area contributed by atoms with Gasteiger partial charge in [0.2, 0.25) is 6.79 Å². The predicted octanol–water partition coefficient (Wildman–Crippen LogP) is 1.83. The number of rotatable bonds is 1. The van der Waals surface area contributed by atoms with Crippen LogP contribution in [0.1, 0.15) is 17.3 Å². The lowest BCUT2D eigenvalue weighted by atomic mass is 10.1. The summed E-state index contributed by atoms with van der Waals surface area (Å²) in [6, 6.07) is 8.56. The van der Waals surface area contributed by atoms with Crippen molar-refractivity contribution in [3.63, 3.8) is 0 Å². The second kappa shape index (κ2) is 3.05. The predicted molar refractivity (Wildman–Crippen MR) is 62.8 cm³/mol. The van der Waals surface area contributed by atoms with Gasteiger partial charge >= 0.3 is 0 Å². The van der Waals surface area contributed by atoms with Crippen LogP contribution in [0.3, 0.4) is 0 Å². The average Bonchev–Trinajstić information content (AvgIpc) is 3.00. The van der Waals surface area contributed by atoms with E-state index in [-0.39, 0.29) is 6.04 Å². The Labute approximate surface area is 98.8 Å². The Bertz CT molecular complexity index is 603. The van der Waals surface area contributed by atoms with Crippen LogP contribution in [0.15, 0.2) is 30.5 Å². The number of nitrogens with zero attached hydrogens (tertiary/aromatic N) is 1. The van der Waals surface area contributed by atoms with E-state index < -0.39 is 0 Å². The SMILES string of the molecule is CNC1c2cc3c(cc2-n2cccc21)OCO3. The second-order valence-corrected chi connectivity index (χ2v) is 4.29. The minimum Gasteiger partial charge on any atom is -0.454 e. The van der Waals surface area contributed by atoms with Gasteiger partial charge in [-0.25, -0.2) is 0 Å². The van der Waals surface area contributed by atoms with E-state index in [0.29, 0.717) is 6.79 Å². The Hall–Kier alpha value is -1.94. The molecular weight excluding hydrogens is 216 g/mol. The molecule has 2 aromatic rings. The van der Waals surface area contributed by atoms with E-state index in [2.05, 4.69) is 40.3 Å². The van der Waals surface area contributed by atoms with Gasteiger partial charge in [0.25, 0.3) is 0 Å². The molecule has 1 aromatic heterocycles. The van der Waals surface area contributed by atoms with Gasteiger partial charge in [0.1, 0.15) is 0 Å². The van der Waals surface area contributed by atoms with E-state index in [1.807, 2.05) is 7.05 Å². The lowest BCUT2D eigenvalue weighted by Gasteiger charge is -2.10. The molecule has 2 aliphatic heterocycles. The fourth-order valence-electron chi connectivity index (χ4n) is 2.70. The van der Waals surface area contributed by atoms with E-state index >= 15 is 0 Å². The molecule has 0 saturated heterocycles. The van der Waals surface area contributed by atoms with Crippen LogP contribution < -0.4 is 14.8 Å². The molecule has 4 heteroatoms. The van der Waals surface area contributed by atoms with Crippen molar-refractivity contribution in [3.8, 4) is 17.2 Å². The number of fused-ring (bicyclic) bond motifs is 4. The standard InChI is InChI=1S/C13H12N2O2/c1-14-13-8-5-11-12(17-7-16-11)6-10(8)15-4-2-3-9(13)15/h2-6,13-14H,7H2,1H3. The van der Waals surface area contributed by atoms with Gasteiger partial charge < -0.3 is 19.4 Å². The molecule has 0 bridgehead atoms. The minimum atomic E-state index is 0.231. The van der Waals surface area contributed by atoms with Crippen LogP contribution >= 0.6 is 0 Å². The van der Waals surface area contributed by atoms with E-state index in [4.69, 9.17) is 9.47 Å². The molecule has 86 valence electrons. The van der Waals surface area contributed by atoms with Crippen LogP contribution in [-0.2, 0) is 0 Å². The molecular formula is C13H12N2O2. The van der Waals surface area contributed by atoms with E-state index in [9.17, 15) is 0 Å². The molecule has 4 rings (SSSR count). The third-order valence-electron chi connectivity index (χ3n) is 3.46. The Morgan fingerprint density at radius 2 is 2.12 bits per heavy atom. The maximum atomic E-state index is 5.43. The Kier molecular flexibility index (Phi) is 1.64. The summed E-state index contributed by atoms with van der Waals surface area (Å²) in [6.07, 6.45) is 2.08. The zero-order chi connectivity index (χ0) is 11.4. The van der Waals surface area contributed by atoms with Crippen LogP contribution in [-0.4, -0.2) is 18.4 Å². The zero-order valence-corrected chi connectivity index (χ0v) is 9.43. The molecule has 0 aliphatic carbocycles. The molecule has 1 unspecified atom stereocenters. The topological polar surface area (TPSA) is 35.4 Å². The first-order valence-corrected chi connectivity index (χ1v) is 5.67. The molecule has 1 atom stereocenters. The average molecular weight is 228 g/mol. The van der Waals surface area contributed by atoms with Crippen molar-refractivity contribution in [2.24, 2.45) is 0 Å². The van der Waals surface area contributed by atoms with Gasteiger partial charge in [0.05, 0.1) is 11.7 Å². The first-order chi connectivity index (χ1) is 8.38. The molecule has 2 aliphatic rings. The molecule has 0 amide bonds. The van der Waals surface area contributed by atoms with Gasteiger partial charge in [-0.2, -0.15) is 0 Å². The number of hydrogen-bond donors (Lipinski definition) is 1. The molecule has 0 spiro atoms. The van der Waals surface area contributed by atoms with Crippen molar-refractivity contribution >= 4 is 0 Å². The molecule has 0 saturated carbocycles. The van der Waals surface area contributed by atoms with Crippen LogP contribution in [0, 0.1) is 0 Å². The number of ether oxygens (including phenoxy) is 2. The molecule has 4 nitrogen and oxygen atoms in total. The maximum absolute atomic E-state index is 5.43. The van der Waals surface area contributed by atoms with Gasteiger partial charge in [-0.3, -0.25) is 0 Å². The molecule has 17 heavy (non-hydrogen) atoms. The molecule has 0 radical (unpaired) electrons. The summed E-state index contributed by atoms with van der Waals surface area (Å²) in [6.45, 7) is 0.320. The quantitative estimate of drug-likeness (QED) is 0.808. The Morgan fingerprint density at radius 3 is 2.94 bits per heavy atom. The number of nitrogens with one attached hydrogen (secondary N) is 1. The van der Waals surface area contributed by atoms with Gasteiger partial charge in [-0.15, -0.1) is 0 Å². The fourth-order valence-corrected chi connectivity index (χ4v) is 2.70. The number of benzene rings is 1. The Morgan fingerprint density at radius 1 is 1.29 bits per heavy atom. The minimum absolute atomic E-state index is 0.231. The summed E-state index contributed by atoms with van der Waals surface area (Å²) in [7, 11) is 1.97. The molecule has 0 fully saturated rings. The van der Waals surface area contributed by atoms with Crippen LogP contribution in [0.2, 0.25) is 0 Å². The highest BCUT2D eigenvalue weighted by atomic mass is 16.7. The van der Waals surface area contributed by atoms with Gasteiger partial charge in [-0.1, -0.05) is 0 Å². The number of aromatic nitrogens is 1. The molecule has 3 heterocycles. The highest BCUT2D eigenvalue weighted by molar-refractivity contribution is 5.61. The summed E-state index contributed by atoms with van der Waals surface area (Å²) in [4.78, 5) is 0. The Balaban J connectivity index is 1.99. The summed E-state index contributed by atoms with van der Waals surface area (Å²) >= 11 is 0. The highest BCUT2D eigenvalue weighted by Gasteiger charge is 2.30. The van der Waals surface area contributed by atoms with Gasteiger partial charge in [-0.05, 0) is 25.2 Å². The van der Waals surface area contributed by atoms with Crippen LogP contribution in [0.4, 0.5) is 0 Å². The van der Waals surface area contributed by atoms with Crippen molar-refractivity contribution in [1.29, 1.82) is 0 Å². The van der Waals surface area contributed by atoms with Crippen molar-refractivity contribution in [3.05, 3.63) is 41.7 Å². The highest BCUT2D eigenvalue weighted by Crippen LogP contribution is 2.43. The number of hydrogen-bond acceptors (Lipinski definition) is 3. The second-order valence-electron chi connectivity index (χ2n) is 4.29. The summed E-state index contributed by atoms with van der Waals surface area (Å²) in [5.74, 6) is 1.68.